The maximum Gasteiger partial charge on any atom is 0.322 e. The maximum absolute atomic E-state index is 12.5. The second-order valence-corrected chi connectivity index (χ2v) is 5.29. The van der Waals surface area contributed by atoms with Gasteiger partial charge in [-0.05, 0) is 25.5 Å². The molecule has 1 unspecified atom stereocenters. The van der Waals surface area contributed by atoms with E-state index in [-0.39, 0.29) is 12.1 Å². The number of benzene rings is 1. The molecule has 0 spiro atoms. The van der Waals surface area contributed by atoms with Crippen LogP contribution in [0.25, 0.3) is 0 Å². The zero-order chi connectivity index (χ0) is 15.2. The van der Waals surface area contributed by atoms with E-state index in [4.69, 9.17) is 4.74 Å². The van der Waals surface area contributed by atoms with Crippen molar-refractivity contribution < 1.29 is 9.53 Å². The Kier molecular flexibility index (Phi) is 5.44. The quantitative estimate of drug-likeness (QED) is 0.927. The van der Waals surface area contributed by atoms with Crippen LogP contribution in [0.2, 0.25) is 0 Å². The van der Waals surface area contributed by atoms with E-state index in [1.54, 1.807) is 0 Å². The van der Waals surface area contributed by atoms with E-state index < -0.39 is 0 Å². The number of carbonyl (C=O) groups is 1. The SMILES string of the molecule is CCC1COCCN1C(=O)Nc1ccccc1N(C)CC. The summed E-state index contributed by atoms with van der Waals surface area (Å²) >= 11 is 0. The number of nitrogens with one attached hydrogen (secondary N) is 1. The van der Waals surface area contributed by atoms with Gasteiger partial charge >= 0.3 is 6.03 Å². The molecule has 1 aromatic carbocycles. The van der Waals surface area contributed by atoms with Gasteiger partial charge in [0.05, 0.1) is 30.6 Å². The van der Waals surface area contributed by atoms with E-state index >= 15 is 0 Å². The molecule has 1 N–H and O–H groups in total. The minimum Gasteiger partial charge on any atom is -0.377 e. The first-order chi connectivity index (χ1) is 10.2. The van der Waals surface area contributed by atoms with E-state index in [0.29, 0.717) is 19.8 Å². The Balaban J connectivity index is 2.12. The largest absolute Gasteiger partial charge is 0.377 e. The summed E-state index contributed by atoms with van der Waals surface area (Å²) < 4.78 is 5.45. The molecule has 1 saturated heterocycles. The van der Waals surface area contributed by atoms with Crippen LogP contribution in [0.1, 0.15) is 20.3 Å². The van der Waals surface area contributed by atoms with Crippen LogP contribution in [0, 0.1) is 0 Å². The number of anilines is 2. The van der Waals surface area contributed by atoms with Crippen molar-refractivity contribution in [2.45, 2.75) is 26.3 Å². The summed E-state index contributed by atoms with van der Waals surface area (Å²) in [5.41, 5.74) is 1.89. The lowest BCUT2D eigenvalue weighted by Crippen LogP contribution is -2.50. The van der Waals surface area contributed by atoms with Gasteiger partial charge in [0.25, 0.3) is 0 Å². The fraction of sp³-hybridized carbons (Fsp3) is 0.562. The Morgan fingerprint density at radius 3 is 2.90 bits per heavy atom. The Bertz CT molecular complexity index is 478. The van der Waals surface area contributed by atoms with Crippen LogP contribution in [0.4, 0.5) is 16.2 Å². The van der Waals surface area contributed by atoms with Crippen LogP contribution in [0.15, 0.2) is 24.3 Å². The molecule has 5 nitrogen and oxygen atoms in total. The van der Waals surface area contributed by atoms with Gasteiger partial charge in [0.1, 0.15) is 0 Å². The smallest absolute Gasteiger partial charge is 0.322 e. The molecular formula is C16H25N3O2. The number of carbonyl (C=O) groups excluding carboxylic acids is 1. The summed E-state index contributed by atoms with van der Waals surface area (Å²) in [5.74, 6) is 0. The molecule has 116 valence electrons. The average molecular weight is 291 g/mol. The van der Waals surface area contributed by atoms with Crippen molar-refractivity contribution >= 4 is 17.4 Å². The van der Waals surface area contributed by atoms with Crippen LogP contribution in [-0.4, -0.2) is 50.3 Å². The van der Waals surface area contributed by atoms with Crippen molar-refractivity contribution in [3.63, 3.8) is 0 Å². The third kappa shape index (κ3) is 3.67. The topological polar surface area (TPSA) is 44.8 Å². The van der Waals surface area contributed by atoms with Crippen molar-refractivity contribution in [3.05, 3.63) is 24.3 Å². The summed E-state index contributed by atoms with van der Waals surface area (Å²) in [6.07, 6.45) is 0.907. The lowest BCUT2D eigenvalue weighted by Gasteiger charge is -2.35. The van der Waals surface area contributed by atoms with Gasteiger partial charge in [-0.3, -0.25) is 0 Å². The fourth-order valence-electron chi connectivity index (χ4n) is 2.53. The number of urea groups is 1. The van der Waals surface area contributed by atoms with Crippen molar-refractivity contribution in [1.82, 2.24) is 4.90 Å². The molecule has 0 aliphatic carbocycles. The zero-order valence-corrected chi connectivity index (χ0v) is 13.1. The summed E-state index contributed by atoms with van der Waals surface area (Å²) in [5, 5.41) is 3.05. The van der Waals surface area contributed by atoms with Crippen LogP contribution < -0.4 is 10.2 Å². The van der Waals surface area contributed by atoms with Gasteiger partial charge in [-0.1, -0.05) is 19.1 Å². The highest BCUT2D eigenvalue weighted by molar-refractivity contribution is 5.93. The van der Waals surface area contributed by atoms with E-state index in [9.17, 15) is 4.79 Å². The Morgan fingerprint density at radius 2 is 2.19 bits per heavy atom. The molecule has 2 amide bonds. The summed E-state index contributed by atoms with van der Waals surface area (Å²) in [7, 11) is 2.02. The monoisotopic (exact) mass is 291 g/mol. The molecule has 0 radical (unpaired) electrons. The number of hydrogen-bond acceptors (Lipinski definition) is 3. The van der Waals surface area contributed by atoms with Gasteiger partial charge in [0.15, 0.2) is 0 Å². The lowest BCUT2D eigenvalue weighted by atomic mass is 10.2. The Hall–Kier alpha value is -1.75. The van der Waals surface area contributed by atoms with E-state index in [1.165, 1.54) is 0 Å². The second-order valence-electron chi connectivity index (χ2n) is 5.29. The molecule has 0 aromatic heterocycles. The van der Waals surface area contributed by atoms with Crippen LogP contribution in [0.3, 0.4) is 0 Å². The standard InChI is InChI=1S/C16H25N3O2/c1-4-13-12-21-11-10-19(13)16(20)17-14-8-6-7-9-15(14)18(3)5-2/h6-9,13H,4-5,10-12H2,1-3H3,(H,17,20). The number of hydrogen-bond donors (Lipinski definition) is 1. The highest BCUT2D eigenvalue weighted by atomic mass is 16.5. The molecule has 21 heavy (non-hydrogen) atoms. The number of rotatable bonds is 4. The number of ether oxygens (including phenoxy) is 1. The first-order valence-corrected chi connectivity index (χ1v) is 7.62. The van der Waals surface area contributed by atoms with Gasteiger partial charge in [0.2, 0.25) is 0 Å². The molecule has 1 atom stereocenters. The van der Waals surface area contributed by atoms with Crippen molar-refractivity contribution in [2.75, 3.05) is 43.6 Å². The number of morpholine rings is 1. The van der Waals surface area contributed by atoms with Gasteiger partial charge in [-0.2, -0.15) is 0 Å². The molecular weight excluding hydrogens is 266 g/mol. The summed E-state index contributed by atoms with van der Waals surface area (Å²) in [4.78, 5) is 16.5. The maximum atomic E-state index is 12.5. The Labute approximate surface area is 126 Å². The van der Waals surface area contributed by atoms with Crippen molar-refractivity contribution in [3.8, 4) is 0 Å². The molecule has 0 bridgehead atoms. The van der Waals surface area contributed by atoms with E-state index in [2.05, 4.69) is 24.1 Å². The van der Waals surface area contributed by atoms with E-state index in [1.807, 2.05) is 36.2 Å². The van der Waals surface area contributed by atoms with Crippen LogP contribution in [-0.2, 0) is 4.74 Å². The van der Waals surface area contributed by atoms with Crippen LogP contribution in [0.5, 0.6) is 0 Å². The van der Waals surface area contributed by atoms with Gasteiger partial charge in [-0.15, -0.1) is 0 Å². The predicted octanol–water partition coefficient (Wildman–Crippen LogP) is 2.79. The van der Waals surface area contributed by atoms with Gasteiger partial charge < -0.3 is 19.9 Å². The third-order valence-corrected chi connectivity index (χ3v) is 3.99. The first-order valence-electron chi connectivity index (χ1n) is 7.62. The minimum atomic E-state index is -0.0397. The molecule has 1 aliphatic rings. The number of para-hydroxylation sites is 2. The summed E-state index contributed by atoms with van der Waals surface area (Å²) in [6.45, 7) is 6.95. The van der Waals surface area contributed by atoms with E-state index in [0.717, 1.165) is 24.3 Å². The number of amides is 2. The highest BCUT2D eigenvalue weighted by Crippen LogP contribution is 2.25. The molecule has 1 aliphatic heterocycles. The number of nitrogens with zero attached hydrogens (tertiary/aromatic N) is 2. The Morgan fingerprint density at radius 1 is 1.43 bits per heavy atom. The second kappa shape index (κ2) is 7.31. The highest BCUT2D eigenvalue weighted by Gasteiger charge is 2.26. The third-order valence-electron chi connectivity index (χ3n) is 3.99. The average Bonchev–Trinajstić information content (AvgIpc) is 2.54. The van der Waals surface area contributed by atoms with Gasteiger partial charge in [0, 0.05) is 20.1 Å². The zero-order valence-electron chi connectivity index (χ0n) is 13.1. The molecule has 0 saturated carbocycles. The van der Waals surface area contributed by atoms with Gasteiger partial charge in [-0.25, -0.2) is 4.79 Å². The molecule has 1 fully saturated rings. The minimum absolute atomic E-state index is 0.0397. The molecule has 5 heteroatoms. The fourth-order valence-corrected chi connectivity index (χ4v) is 2.53. The molecule has 1 aromatic rings. The normalized spacial score (nSPS) is 18.4. The van der Waals surface area contributed by atoms with Crippen molar-refractivity contribution in [2.24, 2.45) is 0 Å². The van der Waals surface area contributed by atoms with Crippen LogP contribution >= 0.6 is 0 Å². The van der Waals surface area contributed by atoms with Crippen molar-refractivity contribution in [1.29, 1.82) is 0 Å². The molecule has 1 heterocycles. The molecule has 2 rings (SSSR count). The summed E-state index contributed by atoms with van der Waals surface area (Å²) in [6, 6.07) is 8.02. The lowest BCUT2D eigenvalue weighted by molar-refractivity contribution is 0.0144. The predicted molar refractivity (Wildman–Crippen MR) is 86.0 cm³/mol. The first kappa shape index (κ1) is 15.6.